The highest BCUT2D eigenvalue weighted by molar-refractivity contribution is 5.85. The van der Waals surface area contributed by atoms with Gasteiger partial charge in [0, 0.05) is 24.3 Å². The standard InChI is InChI=1S/C20H21N/c1-4-15-21(16-5-2)20-14-10-9-13-19(20)17(3)18-11-7-6-8-12-18/h4-14H,1-3,15-16H2. The van der Waals surface area contributed by atoms with Crippen LogP contribution in [0.15, 0.2) is 86.5 Å². The third-order valence-electron chi connectivity index (χ3n) is 3.39. The molecule has 2 aromatic rings. The summed E-state index contributed by atoms with van der Waals surface area (Å²) in [5.74, 6) is 0. The highest BCUT2D eigenvalue weighted by atomic mass is 15.1. The Labute approximate surface area is 127 Å². The maximum atomic E-state index is 4.28. The van der Waals surface area contributed by atoms with Gasteiger partial charge in [-0.3, -0.25) is 0 Å². The van der Waals surface area contributed by atoms with Crippen LogP contribution in [0.4, 0.5) is 5.69 Å². The minimum atomic E-state index is 0.783. The van der Waals surface area contributed by atoms with E-state index in [0.717, 1.165) is 35.5 Å². The molecule has 0 fully saturated rings. The predicted octanol–water partition coefficient (Wildman–Crippen LogP) is 4.93. The van der Waals surface area contributed by atoms with Crippen molar-refractivity contribution in [1.82, 2.24) is 0 Å². The Hall–Kier alpha value is -2.54. The van der Waals surface area contributed by atoms with Gasteiger partial charge in [0.05, 0.1) is 0 Å². The summed E-state index contributed by atoms with van der Waals surface area (Å²) in [6.45, 7) is 13.5. The van der Waals surface area contributed by atoms with Gasteiger partial charge in [-0.1, -0.05) is 67.3 Å². The van der Waals surface area contributed by atoms with Gasteiger partial charge in [-0.2, -0.15) is 0 Å². The fourth-order valence-electron chi connectivity index (χ4n) is 2.38. The lowest BCUT2D eigenvalue weighted by Crippen LogP contribution is -2.24. The Balaban J connectivity index is 2.42. The molecule has 0 bridgehead atoms. The van der Waals surface area contributed by atoms with Gasteiger partial charge < -0.3 is 4.90 Å². The first-order valence-corrected chi connectivity index (χ1v) is 7.08. The van der Waals surface area contributed by atoms with Crippen LogP contribution in [0.25, 0.3) is 5.57 Å². The van der Waals surface area contributed by atoms with Crippen LogP contribution in [-0.2, 0) is 0 Å². The summed E-state index contributed by atoms with van der Waals surface area (Å²) < 4.78 is 0. The fraction of sp³-hybridized carbons (Fsp3) is 0.100. The molecule has 0 aliphatic rings. The van der Waals surface area contributed by atoms with Crippen LogP contribution < -0.4 is 4.90 Å². The minimum Gasteiger partial charge on any atom is -0.364 e. The molecule has 0 heterocycles. The van der Waals surface area contributed by atoms with Crippen molar-refractivity contribution in [2.45, 2.75) is 0 Å². The van der Waals surface area contributed by atoms with Crippen molar-refractivity contribution in [3.8, 4) is 0 Å². The second-order valence-corrected chi connectivity index (χ2v) is 4.84. The van der Waals surface area contributed by atoms with Gasteiger partial charge in [0.25, 0.3) is 0 Å². The van der Waals surface area contributed by atoms with Crippen molar-refractivity contribution >= 4 is 11.3 Å². The van der Waals surface area contributed by atoms with Gasteiger partial charge in [-0.25, -0.2) is 0 Å². The Morgan fingerprint density at radius 3 is 2.05 bits per heavy atom. The van der Waals surface area contributed by atoms with Crippen LogP contribution in [0, 0.1) is 0 Å². The maximum absolute atomic E-state index is 4.28. The van der Waals surface area contributed by atoms with Crippen LogP contribution in [-0.4, -0.2) is 13.1 Å². The van der Waals surface area contributed by atoms with E-state index in [0.29, 0.717) is 0 Å². The molecule has 0 saturated carbocycles. The molecule has 0 saturated heterocycles. The molecule has 0 aliphatic carbocycles. The molecule has 106 valence electrons. The number of benzene rings is 2. The van der Waals surface area contributed by atoms with E-state index in [2.05, 4.69) is 55.0 Å². The summed E-state index contributed by atoms with van der Waals surface area (Å²) in [4.78, 5) is 2.24. The number of anilines is 1. The van der Waals surface area contributed by atoms with Crippen molar-refractivity contribution in [3.05, 3.63) is 97.6 Å². The summed E-state index contributed by atoms with van der Waals surface area (Å²) >= 11 is 0. The Kier molecular flexibility index (Phi) is 5.16. The molecule has 21 heavy (non-hydrogen) atoms. The van der Waals surface area contributed by atoms with Gasteiger partial charge in [0.15, 0.2) is 0 Å². The molecule has 0 amide bonds. The quantitative estimate of drug-likeness (QED) is 0.648. The molecule has 0 aromatic heterocycles. The molecule has 0 radical (unpaired) electrons. The van der Waals surface area contributed by atoms with Crippen LogP contribution in [0.1, 0.15) is 11.1 Å². The first kappa shape index (κ1) is 14.9. The number of hydrogen-bond acceptors (Lipinski definition) is 1. The highest BCUT2D eigenvalue weighted by Gasteiger charge is 2.11. The fourth-order valence-corrected chi connectivity index (χ4v) is 2.38. The second-order valence-electron chi connectivity index (χ2n) is 4.84. The zero-order valence-corrected chi connectivity index (χ0v) is 12.3. The molecular weight excluding hydrogens is 254 g/mol. The van der Waals surface area contributed by atoms with E-state index in [4.69, 9.17) is 0 Å². The third-order valence-corrected chi connectivity index (χ3v) is 3.39. The van der Waals surface area contributed by atoms with Crippen LogP contribution in [0.5, 0.6) is 0 Å². The molecule has 0 unspecified atom stereocenters. The first-order chi connectivity index (χ1) is 10.3. The van der Waals surface area contributed by atoms with Gasteiger partial charge in [0.2, 0.25) is 0 Å². The lowest BCUT2D eigenvalue weighted by molar-refractivity contribution is 0.954. The summed E-state index contributed by atoms with van der Waals surface area (Å²) in [5, 5.41) is 0. The van der Waals surface area contributed by atoms with Crippen LogP contribution in [0.2, 0.25) is 0 Å². The van der Waals surface area contributed by atoms with E-state index in [9.17, 15) is 0 Å². The summed E-state index contributed by atoms with van der Waals surface area (Å²) in [5.41, 5.74) is 4.48. The molecule has 1 nitrogen and oxygen atoms in total. The van der Waals surface area contributed by atoms with E-state index in [1.54, 1.807) is 0 Å². The topological polar surface area (TPSA) is 3.24 Å². The van der Waals surface area contributed by atoms with E-state index in [1.807, 2.05) is 36.4 Å². The number of para-hydroxylation sites is 1. The Morgan fingerprint density at radius 2 is 1.43 bits per heavy atom. The minimum absolute atomic E-state index is 0.783. The van der Waals surface area contributed by atoms with Gasteiger partial charge in [-0.05, 0) is 17.2 Å². The van der Waals surface area contributed by atoms with Gasteiger partial charge in [0.1, 0.15) is 0 Å². The van der Waals surface area contributed by atoms with Crippen molar-refractivity contribution < 1.29 is 0 Å². The van der Waals surface area contributed by atoms with E-state index in [-0.39, 0.29) is 0 Å². The maximum Gasteiger partial charge on any atom is 0.0451 e. The largest absolute Gasteiger partial charge is 0.364 e. The normalized spacial score (nSPS) is 9.90. The summed E-state index contributed by atoms with van der Waals surface area (Å²) in [6, 6.07) is 18.6. The molecule has 2 aromatic carbocycles. The van der Waals surface area contributed by atoms with E-state index in [1.165, 1.54) is 0 Å². The smallest absolute Gasteiger partial charge is 0.0451 e. The zero-order valence-electron chi connectivity index (χ0n) is 12.3. The molecule has 1 heteroatoms. The molecule has 2 rings (SSSR count). The van der Waals surface area contributed by atoms with Gasteiger partial charge >= 0.3 is 0 Å². The monoisotopic (exact) mass is 275 g/mol. The molecule has 0 spiro atoms. The molecular formula is C20H21N. The third kappa shape index (κ3) is 3.51. The number of rotatable bonds is 7. The van der Waals surface area contributed by atoms with Crippen LogP contribution >= 0.6 is 0 Å². The average Bonchev–Trinajstić information content (AvgIpc) is 2.55. The van der Waals surface area contributed by atoms with E-state index >= 15 is 0 Å². The molecule has 0 aliphatic heterocycles. The Bertz CT molecular complexity index is 615. The van der Waals surface area contributed by atoms with Crippen molar-refractivity contribution in [3.63, 3.8) is 0 Å². The molecule has 0 N–H and O–H groups in total. The second kappa shape index (κ2) is 7.30. The summed E-state index contributed by atoms with van der Waals surface area (Å²) in [6.07, 6.45) is 3.82. The molecule has 0 atom stereocenters. The Morgan fingerprint density at radius 1 is 0.857 bits per heavy atom. The van der Waals surface area contributed by atoms with Gasteiger partial charge in [-0.15, -0.1) is 13.2 Å². The average molecular weight is 275 g/mol. The van der Waals surface area contributed by atoms with Crippen molar-refractivity contribution in [2.75, 3.05) is 18.0 Å². The van der Waals surface area contributed by atoms with Crippen molar-refractivity contribution in [1.29, 1.82) is 0 Å². The SMILES string of the molecule is C=CCN(CC=C)c1ccccc1C(=C)c1ccccc1. The summed E-state index contributed by atoms with van der Waals surface area (Å²) in [7, 11) is 0. The zero-order chi connectivity index (χ0) is 15.1. The van der Waals surface area contributed by atoms with Crippen molar-refractivity contribution in [2.24, 2.45) is 0 Å². The highest BCUT2D eigenvalue weighted by Crippen LogP contribution is 2.30. The first-order valence-electron chi connectivity index (χ1n) is 7.08. The lowest BCUT2D eigenvalue weighted by Gasteiger charge is -2.25. The predicted molar refractivity (Wildman–Crippen MR) is 93.6 cm³/mol. The number of hydrogen-bond donors (Lipinski definition) is 0. The van der Waals surface area contributed by atoms with Crippen LogP contribution in [0.3, 0.4) is 0 Å². The lowest BCUT2D eigenvalue weighted by atomic mass is 9.97. The number of nitrogens with zero attached hydrogens (tertiary/aromatic N) is 1. The van der Waals surface area contributed by atoms with E-state index < -0.39 is 0 Å².